The van der Waals surface area contributed by atoms with E-state index >= 15 is 0 Å². The Morgan fingerprint density at radius 3 is 2.50 bits per heavy atom. The highest BCUT2D eigenvalue weighted by Crippen LogP contribution is 2.33. The summed E-state index contributed by atoms with van der Waals surface area (Å²) >= 11 is 0. The second-order valence-corrected chi connectivity index (χ2v) is 5.56. The SMILES string of the molecule is COCC(C)N(C)CC1(O)CCC(C(=O)O)CC1. The van der Waals surface area contributed by atoms with Crippen LogP contribution in [-0.4, -0.2) is 60.0 Å². The first-order valence-electron chi connectivity index (χ1n) is 6.52. The maximum atomic E-state index is 10.9. The zero-order chi connectivity index (χ0) is 13.8. The molecule has 1 saturated carbocycles. The highest BCUT2D eigenvalue weighted by Gasteiger charge is 2.37. The second-order valence-electron chi connectivity index (χ2n) is 5.56. The summed E-state index contributed by atoms with van der Waals surface area (Å²) < 4.78 is 5.09. The molecule has 1 atom stereocenters. The van der Waals surface area contributed by atoms with Crippen LogP contribution in [0.15, 0.2) is 0 Å². The summed E-state index contributed by atoms with van der Waals surface area (Å²) in [5.41, 5.74) is -0.747. The lowest BCUT2D eigenvalue weighted by Gasteiger charge is -2.39. The molecule has 1 unspecified atom stereocenters. The fourth-order valence-corrected chi connectivity index (χ4v) is 2.55. The Balaban J connectivity index is 2.44. The first-order valence-corrected chi connectivity index (χ1v) is 6.52. The minimum Gasteiger partial charge on any atom is -0.481 e. The van der Waals surface area contributed by atoms with Crippen molar-refractivity contribution in [3.63, 3.8) is 0 Å². The van der Waals surface area contributed by atoms with Crippen molar-refractivity contribution in [1.82, 2.24) is 4.90 Å². The summed E-state index contributed by atoms with van der Waals surface area (Å²) in [6.07, 6.45) is 2.26. The molecule has 106 valence electrons. The summed E-state index contributed by atoms with van der Waals surface area (Å²) in [7, 11) is 3.63. The van der Waals surface area contributed by atoms with Gasteiger partial charge in [0.1, 0.15) is 0 Å². The Morgan fingerprint density at radius 1 is 1.50 bits per heavy atom. The van der Waals surface area contributed by atoms with Gasteiger partial charge in [-0.15, -0.1) is 0 Å². The Labute approximate surface area is 109 Å². The van der Waals surface area contributed by atoms with Gasteiger partial charge in [-0.05, 0) is 39.7 Å². The Hall–Kier alpha value is -0.650. The van der Waals surface area contributed by atoms with Gasteiger partial charge in [-0.2, -0.15) is 0 Å². The lowest BCUT2D eigenvalue weighted by molar-refractivity contribution is -0.145. The van der Waals surface area contributed by atoms with E-state index in [9.17, 15) is 9.90 Å². The molecule has 0 saturated heterocycles. The average molecular weight is 259 g/mol. The summed E-state index contributed by atoms with van der Waals surface area (Å²) in [6.45, 7) is 3.25. The number of nitrogens with zero attached hydrogens (tertiary/aromatic N) is 1. The van der Waals surface area contributed by atoms with Crippen LogP contribution < -0.4 is 0 Å². The van der Waals surface area contributed by atoms with Crippen LogP contribution >= 0.6 is 0 Å². The number of carbonyl (C=O) groups is 1. The summed E-state index contributed by atoms with van der Waals surface area (Å²) in [4.78, 5) is 12.9. The van der Waals surface area contributed by atoms with Gasteiger partial charge in [-0.25, -0.2) is 0 Å². The molecule has 0 aromatic rings. The number of aliphatic carboxylic acids is 1. The number of hydrogen-bond donors (Lipinski definition) is 2. The van der Waals surface area contributed by atoms with Gasteiger partial charge >= 0.3 is 5.97 Å². The van der Waals surface area contributed by atoms with E-state index in [0.29, 0.717) is 38.8 Å². The zero-order valence-electron chi connectivity index (χ0n) is 11.6. The molecule has 1 rings (SSSR count). The highest BCUT2D eigenvalue weighted by molar-refractivity contribution is 5.70. The second kappa shape index (κ2) is 6.50. The number of carboxylic acids is 1. The van der Waals surface area contributed by atoms with Gasteiger partial charge in [0.2, 0.25) is 0 Å². The normalized spacial score (nSPS) is 30.4. The summed E-state index contributed by atoms with van der Waals surface area (Å²) in [5, 5.41) is 19.4. The fraction of sp³-hybridized carbons (Fsp3) is 0.923. The van der Waals surface area contributed by atoms with Crippen LogP contribution in [0.1, 0.15) is 32.6 Å². The third-order valence-corrected chi connectivity index (χ3v) is 3.97. The van der Waals surface area contributed by atoms with E-state index in [2.05, 4.69) is 11.8 Å². The maximum Gasteiger partial charge on any atom is 0.306 e. The molecule has 0 amide bonds. The van der Waals surface area contributed by atoms with E-state index in [1.807, 2.05) is 7.05 Å². The molecule has 0 aromatic heterocycles. The molecular weight excluding hydrogens is 234 g/mol. The number of rotatable bonds is 6. The van der Waals surface area contributed by atoms with Crippen molar-refractivity contribution in [1.29, 1.82) is 0 Å². The Bertz CT molecular complexity index is 274. The third-order valence-electron chi connectivity index (χ3n) is 3.97. The van der Waals surface area contributed by atoms with Crippen molar-refractivity contribution in [2.45, 2.75) is 44.2 Å². The Morgan fingerprint density at radius 2 is 2.06 bits per heavy atom. The van der Waals surface area contributed by atoms with Gasteiger partial charge in [-0.1, -0.05) is 0 Å². The number of aliphatic hydroxyl groups is 1. The molecule has 0 heterocycles. The first kappa shape index (κ1) is 15.4. The molecular formula is C13H25NO4. The van der Waals surface area contributed by atoms with Crippen molar-refractivity contribution in [3.8, 4) is 0 Å². The quantitative estimate of drug-likeness (QED) is 0.743. The topological polar surface area (TPSA) is 70.0 Å². The third kappa shape index (κ3) is 4.23. The molecule has 0 aromatic carbocycles. The average Bonchev–Trinajstić information content (AvgIpc) is 2.29. The smallest absolute Gasteiger partial charge is 0.306 e. The number of ether oxygens (including phenoxy) is 1. The van der Waals surface area contributed by atoms with Gasteiger partial charge in [0.05, 0.1) is 18.1 Å². The number of methoxy groups -OCH3 is 1. The van der Waals surface area contributed by atoms with Crippen LogP contribution in [0.4, 0.5) is 0 Å². The molecule has 5 nitrogen and oxygen atoms in total. The molecule has 0 spiro atoms. The van der Waals surface area contributed by atoms with Crippen molar-refractivity contribution < 1.29 is 19.7 Å². The lowest BCUT2D eigenvalue weighted by atomic mass is 9.78. The molecule has 2 N–H and O–H groups in total. The van der Waals surface area contributed by atoms with Gasteiger partial charge in [-0.3, -0.25) is 9.69 Å². The van der Waals surface area contributed by atoms with E-state index < -0.39 is 11.6 Å². The van der Waals surface area contributed by atoms with Crippen LogP contribution in [0.25, 0.3) is 0 Å². The fourth-order valence-electron chi connectivity index (χ4n) is 2.55. The number of likely N-dealkylation sites (N-methyl/N-ethyl adjacent to an activating group) is 1. The molecule has 1 aliphatic rings. The van der Waals surface area contributed by atoms with Gasteiger partial charge in [0.25, 0.3) is 0 Å². The van der Waals surface area contributed by atoms with Crippen molar-refractivity contribution in [3.05, 3.63) is 0 Å². The summed E-state index contributed by atoms with van der Waals surface area (Å²) in [6, 6.07) is 0.247. The lowest BCUT2D eigenvalue weighted by Crippen LogP contribution is -2.48. The largest absolute Gasteiger partial charge is 0.481 e. The van der Waals surface area contributed by atoms with E-state index in [-0.39, 0.29) is 12.0 Å². The minimum atomic E-state index is -0.747. The highest BCUT2D eigenvalue weighted by atomic mass is 16.5. The Kier molecular flexibility index (Phi) is 5.56. The first-order chi connectivity index (χ1) is 8.38. The van der Waals surface area contributed by atoms with Gasteiger partial charge in [0.15, 0.2) is 0 Å². The monoisotopic (exact) mass is 259 g/mol. The standard InChI is InChI=1S/C13H25NO4/c1-10(8-18-3)14(2)9-13(17)6-4-11(5-7-13)12(15)16/h10-11,17H,4-9H2,1-3H3,(H,15,16). The van der Waals surface area contributed by atoms with Crippen LogP contribution in [0.2, 0.25) is 0 Å². The van der Waals surface area contributed by atoms with Crippen LogP contribution in [0, 0.1) is 5.92 Å². The van der Waals surface area contributed by atoms with Crippen LogP contribution in [0.5, 0.6) is 0 Å². The molecule has 0 aliphatic heterocycles. The van der Waals surface area contributed by atoms with E-state index in [1.54, 1.807) is 7.11 Å². The molecule has 18 heavy (non-hydrogen) atoms. The number of carboxylic acid groups (broad SMARTS) is 1. The summed E-state index contributed by atoms with van der Waals surface area (Å²) in [5.74, 6) is -1.02. The van der Waals surface area contributed by atoms with Crippen molar-refractivity contribution >= 4 is 5.97 Å². The van der Waals surface area contributed by atoms with E-state index in [0.717, 1.165) is 0 Å². The zero-order valence-corrected chi connectivity index (χ0v) is 11.6. The maximum absolute atomic E-state index is 10.9. The predicted molar refractivity (Wildman–Crippen MR) is 68.5 cm³/mol. The van der Waals surface area contributed by atoms with Gasteiger partial charge < -0.3 is 14.9 Å². The van der Waals surface area contributed by atoms with E-state index in [4.69, 9.17) is 9.84 Å². The predicted octanol–water partition coefficient (Wildman–Crippen LogP) is 0.959. The molecule has 0 bridgehead atoms. The number of hydrogen-bond acceptors (Lipinski definition) is 4. The molecule has 1 aliphatic carbocycles. The molecule has 0 radical (unpaired) electrons. The van der Waals surface area contributed by atoms with Crippen LogP contribution in [0.3, 0.4) is 0 Å². The van der Waals surface area contributed by atoms with Crippen molar-refractivity contribution in [2.24, 2.45) is 5.92 Å². The van der Waals surface area contributed by atoms with Crippen molar-refractivity contribution in [2.75, 3.05) is 27.3 Å². The minimum absolute atomic E-state index is 0.247. The van der Waals surface area contributed by atoms with Crippen LogP contribution in [-0.2, 0) is 9.53 Å². The van der Waals surface area contributed by atoms with Gasteiger partial charge in [0, 0.05) is 19.7 Å². The molecule has 1 fully saturated rings. The molecule has 5 heteroatoms. The van der Waals surface area contributed by atoms with E-state index in [1.165, 1.54) is 0 Å².